The van der Waals surface area contributed by atoms with E-state index < -0.39 is 0 Å². The largest absolute Gasteiger partial charge is 0.385 e. The van der Waals surface area contributed by atoms with Crippen LogP contribution in [0.3, 0.4) is 0 Å². The lowest BCUT2D eigenvalue weighted by Gasteiger charge is -2.23. The highest BCUT2D eigenvalue weighted by Gasteiger charge is 2.18. The van der Waals surface area contributed by atoms with Crippen molar-refractivity contribution in [3.05, 3.63) is 34.3 Å². The molecule has 0 aliphatic carbocycles. The Morgan fingerprint density at radius 2 is 2.00 bits per heavy atom. The third-order valence-corrected chi connectivity index (χ3v) is 4.88. The topological polar surface area (TPSA) is 35.2 Å². The molecule has 0 bridgehead atoms. The van der Waals surface area contributed by atoms with Crippen LogP contribution in [-0.2, 0) is 4.74 Å². The zero-order valence-corrected chi connectivity index (χ0v) is 13.5. The molecule has 0 fully saturated rings. The molecule has 2 unspecified atom stereocenters. The first-order valence-electron chi connectivity index (χ1n) is 6.30. The van der Waals surface area contributed by atoms with Gasteiger partial charge in [0, 0.05) is 29.5 Å². The predicted molar refractivity (Wildman–Crippen MR) is 84.1 cm³/mol. The minimum Gasteiger partial charge on any atom is -0.385 e. The van der Waals surface area contributed by atoms with Crippen molar-refractivity contribution in [1.29, 1.82) is 0 Å². The summed E-state index contributed by atoms with van der Waals surface area (Å²) in [4.78, 5) is 0. The average Bonchev–Trinajstić information content (AvgIpc) is 2.39. The van der Waals surface area contributed by atoms with Gasteiger partial charge < -0.3 is 10.5 Å². The number of benzene rings is 1. The van der Waals surface area contributed by atoms with Crippen LogP contribution in [0.5, 0.6) is 0 Å². The summed E-state index contributed by atoms with van der Waals surface area (Å²) < 4.78 is 6.19. The van der Waals surface area contributed by atoms with Crippen LogP contribution in [0.15, 0.2) is 28.7 Å². The average molecular weight is 332 g/mol. The lowest BCUT2D eigenvalue weighted by Crippen LogP contribution is -2.26. The molecule has 18 heavy (non-hydrogen) atoms. The van der Waals surface area contributed by atoms with Crippen LogP contribution >= 0.6 is 27.7 Å². The minimum absolute atomic E-state index is 0.207. The molecule has 0 saturated heterocycles. The van der Waals surface area contributed by atoms with E-state index in [-0.39, 0.29) is 6.04 Å². The molecule has 1 aromatic rings. The summed E-state index contributed by atoms with van der Waals surface area (Å²) in [5, 5.41) is 0.375. The first-order valence-corrected chi connectivity index (χ1v) is 8.14. The Balaban J connectivity index is 2.63. The van der Waals surface area contributed by atoms with Gasteiger partial charge >= 0.3 is 0 Å². The molecular weight excluding hydrogens is 310 g/mol. The van der Waals surface area contributed by atoms with E-state index in [4.69, 9.17) is 10.5 Å². The van der Waals surface area contributed by atoms with Gasteiger partial charge in [0.15, 0.2) is 0 Å². The van der Waals surface area contributed by atoms with E-state index >= 15 is 0 Å². The molecule has 0 saturated carbocycles. The van der Waals surface area contributed by atoms with Crippen LogP contribution in [0, 0.1) is 0 Å². The Kier molecular flexibility index (Phi) is 7.98. The molecule has 0 aliphatic rings. The summed E-state index contributed by atoms with van der Waals surface area (Å²) in [6, 6.07) is 8.70. The summed E-state index contributed by atoms with van der Waals surface area (Å²) in [6.45, 7) is 2.97. The SMILES string of the molecule is CCC(N)C(SCCCOC)c1ccc(Br)cc1. The Morgan fingerprint density at radius 3 is 2.56 bits per heavy atom. The van der Waals surface area contributed by atoms with Gasteiger partial charge in [0.05, 0.1) is 0 Å². The number of ether oxygens (including phenoxy) is 1. The van der Waals surface area contributed by atoms with E-state index in [1.807, 2.05) is 11.8 Å². The van der Waals surface area contributed by atoms with Crippen molar-refractivity contribution in [2.75, 3.05) is 19.5 Å². The fourth-order valence-corrected chi connectivity index (χ4v) is 3.34. The van der Waals surface area contributed by atoms with Crippen molar-refractivity contribution < 1.29 is 4.74 Å². The third-order valence-electron chi connectivity index (χ3n) is 2.85. The quantitative estimate of drug-likeness (QED) is 0.731. The van der Waals surface area contributed by atoms with E-state index in [1.165, 1.54) is 5.56 Å². The Hall–Kier alpha value is -0.0300. The van der Waals surface area contributed by atoms with Crippen LogP contribution < -0.4 is 5.73 Å². The smallest absolute Gasteiger partial charge is 0.0470 e. The number of hydrogen-bond donors (Lipinski definition) is 1. The molecule has 1 aromatic carbocycles. The van der Waals surface area contributed by atoms with Crippen LogP contribution in [0.4, 0.5) is 0 Å². The number of thioether (sulfide) groups is 1. The summed E-state index contributed by atoms with van der Waals surface area (Å²) in [6.07, 6.45) is 2.07. The molecule has 1 rings (SSSR count). The summed E-state index contributed by atoms with van der Waals surface area (Å²) in [5.41, 5.74) is 7.55. The lowest BCUT2D eigenvalue weighted by molar-refractivity contribution is 0.200. The van der Waals surface area contributed by atoms with Gasteiger partial charge in [-0.1, -0.05) is 35.0 Å². The standard InChI is InChI=1S/C14H22BrNOS/c1-3-13(16)14(18-10-4-9-17-2)11-5-7-12(15)8-6-11/h5-8,13-14H,3-4,9-10,16H2,1-2H3. The van der Waals surface area contributed by atoms with E-state index in [1.54, 1.807) is 7.11 Å². The Labute approximate surface area is 123 Å². The fraction of sp³-hybridized carbons (Fsp3) is 0.571. The van der Waals surface area contributed by atoms with Crippen molar-refractivity contribution >= 4 is 27.7 Å². The highest BCUT2D eigenvalue weighted by Crippen LogP contribution is 2.33. The molecule has 2 atom stereocenters. The zero-order valence-electron chi connectivity index (χ0n) is 11.1. The molecule has 0 amide bonds. The van der Waals surface area contributed by atoms with Crippen molar-refractivity contribution in [3.63, 3.8) is 0 Å². The Morgan fingerprint density at radius 1 is 1.33 bits per heavy atom. The van der Waals surface area contributed by atoms with E-state index in [2.05, 4.69) is 47.1 Å². The lowest BCUT2D eigenvalue weighted by atomic mass is 10.0. The summed E-state index contributed by atoms with van der Waals surface area (Å²) >= 11 is 5.40. The molecule has 0 radical (unpaired) electrons. The second kappa shape index (κ2) is 8.97. The monoisotopic (exact) mass is 331 g/mol. The number of methoxy groups -OCH3 is 1. The van der Waals surface area contributed by atoms with Gasteiger partial charge in [-0.05, 0) is 36.3 Å². The van der Waals surface area contributed by atoms with Gasteiger partial charge in [0.2, 0.25) is 0 Å². The molecule has 4 heteroatoms. The number of nitrogens with two attached hydrogens (primary N) is 1. The van der Waals surface area contributed by atoms with Crippen molar-refractivity contribution in [2.24, 2.45) is 5.73 Å². The van der Waals surface area contributed by atoms with Crippen molar-refractivity contribution in [1.82, 2.24) is 0 Å². The number of rotatable bonds is 8. The maximum atomic E-state index is 6.24. The van der Waals surface area contributed by atoms with Crippen LogP contribution in [0.1, 0.15) is 30.6 Å². The van der Waals surface area contributed by atoms with Gasteiger partial charge in [0.1, 0.15) is 0 Å². The highest BCUT2D eigenvalue weighted by molar-refractivity contribution is 9.10. The van der Waals surface area contributed by atoms with Crippen molar-refractivity contribution in [2.45, 2.75) is 31.1 Å². The number of halogens is 1. The Bertz CT molecular complexity index is 331. The normalized spacial score (nSPS) is 14.4. The maximum Gasteiger partial charge on any atom is 0.0470 e. The predicted octanol–water partition coefficient (Wildman–Crippen LogP) is 4.00. The fourth-order valence-electron chi connectivity index (χ4n) is 1.75. The molecule has 0 aliphatic heterocycles. The van der Waals surface area contributed by atoms with E-state index in [9.17, 15) is 0 Å². The van der Waals surface area contributed by atoms with Gasteiger partial charge in [-0.3, -0.25) is 0 Å². The second-order valence-electron chi connectivity index (χ2n) is 4.26. The second-order valence-corrected chi connectivity index (χ2v) is 6.43. The van der Waals surface area contributed by atoms with Gasteiger partial charge in [0.25, 0.3) is 0 Å². The first-order chi connectivity index (χ1) is 8.69. The van der Waals surface area contributed by atoms with Crippen LogP contribution in [-0.4, -0.2) is 25.5 Å². The van der Waals surface area contributed by atoms with E-state index in [0.717, 1.165) is 29.7 Å². The molecule has 0 heterocycles. The molecule has 2 nitrogen and oxygen atoms in total. The van der Waals surface area contributed by atoms with Crippen LogP contribution in [0.25, 0.3) is 0 Å². The first kappa shape index (κ1) is 16.0. The zero-order chi connectivity index (χ0) is 13.4. The van der Waals surface area contributed by atoms with Crippen LogP contribution in [0.2, 0.25) is 0 Å². The molecule has 0 aromatic heterocycles. The molecular formula is C14H22BrNOS. The van der Waals surface area contributed by atoms with Crippen molar-refractivity contribution in [3.8, 4) is 0 Å². The summed E-state index contributed by atoms with van der Waals surface area (Å²) in [5.74, 6) is 1.09. The summed E-state index contributed by atoms with van der Waals surface area (Å²) in [7, 11) is 1.74. The molecule has 0 spiro atoms. The van der Waals surface area contributed by atoms with Gasteiger partial charge in [-0.2, -0.15) is 11.8 Å². The number of hydrogen-bond acceptors (Lipinski definition) is 3. The molecule has 2 N–H and O–H groups in total. The minimum atomic E-state index is 0.207. The maximum absolute atomic E-state index is 6.24. The third kappa shape index (κ3) is 5.31. The molecule has 102 valence electrons. The highest BCUT2D eigenvalue weighted by atomic mass is 79.9. The van der Waals surface area contributed by atoms with Gasteiger partial charge in [-0.25, -0.2) is 0 Å². The van der Waals surface area contributed by atoms with Gasteiger partial charge in [-0.15, -0.1) is 0 Å². The van der Waals surface area contributed by atoms with E-state index in [0.29, 0.717) is 5.25 Å².